The SMILES string of the molecule is Cc1ncc(Br)c(NP(=O)(N2CC2)N2CC2)n1. The largest absolute Gasteiger partial charge is 0.309 e. The molecule has 17 heavy (non-hydrogen) atoms. The lowest BCUT2D eigenvalue weighted by Gasteiger charge is -2.21. The minimum atomic E-state index is -2.61. The zero-order valence-corrected chi connectivity index (χ0v) is 11.9. The van der Waals surface area contributed by atoms with Gasteiger partial charge in [0.05, 0.1) is 4.47 Å². The van der Waals surface area contributed by atoms with Crippen molar-refractivity contribution in [2.45, 2.75) is 6.92 Å². The van der Waals surface area contributed by atoms with Gasteiger partial charge in [-0.05, 0) is 22.9 Å². The van der Waals surface area contributed by atoms with Crippen molar-refractivity contribution in [2.75, 3.05) is 31.3 Å². The molecule has 0 radical (unpaired) electrons. The second kappa shape index (κ2) is 4.02. The lowest BCUT2D eigenvalue weighted by atomic mass is 10.5. The molecule has 0 unspecified atom stereocenters. The predicted molar refractivity (Wildman–Crippen MR) is 68.8 cm³/mol. The van der Waals surface area contributed by atoms with Gasteiger partial charge in [-0.15, -0.1) is 0 Å². The summed E-state index contributed by atoms with van der Waals surface area (Å²) in [5, 5.41) is 3.10. The van der Waals surface area contributed by atoms with E-state index in [1.165, 1.54) is 0 Å². The van der Waals surface area contributed by atoms with Gasteiger partial charge in [0.2, 0.25) is 0 Å². The van der Waals surface area contributed by atoms with E-state index in [9.17, 15) is 4.57 Å². The minimum absolute atomic E-state index is 0.611. The van der Waals surface area contributed by atoms with Crippen molar-refractivity contribution in [2.24, 2.45) is 0 Å². The van der Waals surface area contributed by atoms with Crippen LogP contribution in [0.5, 0.6) is 0 Å². The van der Waals surface area contributed by atoms with Gasteiger partial charge in [-0.2, -0.15) is 0 Å². The smallest absolute Gasteiger partial charge is 0.296 e. The van der Waals surface area contributed by atoms with Crippen molar-refractivity contribution in [1.82, 2.24) is 19.3 Å². The lowest BCUT2D eigenvalue weighted by molar-refractivity contribution is 0.524. The number of nitrogens with zero attached hydrogens (tertiary/aromatic N) is 4. The number of hydrogen-bond acceptors (Lipinski definition) is 3. The monoisotopic (exact) mass is 317 g/mol. The van der Waals surface area contributed by atoms with Crippen LogP contribution in [-0.4, -0.2) is 45.5 Å². The van der Waals surface area contributed by atoms with E-state index in [0.29, 0.717) is 11.6 Å². The van der Waals surface area contributed by atoms with E-state index in [-0.39, 0.29) is 0 Å². The Morgan fingerprint density at radius 2 is 1.94 bits per heavy atom. The number of nitrogens with one attached hydrogen (secondary N) is 1. The van der Waals surface area contributed by atoms with Gasteiger partial charge in [0.25, 0.3) is 0 Å². The molecule has 3 rings (SSSR count). The number of aryl methyl sites for hydroxylation is 1. The van der Waals surface area contributed by atoms with Crippen LogP contribution in [0.2, 0.25) is 0 Å². The standard InChI is InChI=1S/C9H13BrN5OP/c1-7-11-6-8(10)9(12-7)13-17(16,14-2-3-14)15-4-5-15/h6H,2-5H2,1H3,(H,11,12,13,16). The van der Waals surface area contributed by atoms with Gasteiger partial charge in [0.1, 0.15) is 5.82 Å². The molecule has 8 heteroatoms. The van der Waals surface area contributed by atoms with Crippen LogP contribution in [0.25, 0.3) is 0 Å². The third-order valence-corrected chi connectivity index (χ3v) is 6.15. The molecule has 0 aromatic carbocycles. The fourth-order valence-electron chi connectivity index (χ4n) is 1.62. The molecule has 2 fully saturated rings. The summed E-state index contributed by atoms with van der Waals surface area (Å²) in [6, 6.07) is 0. The Kier molecular flexibility index (Phi) is 2.74. The Morgan fingerprint density at radius 1 is 1.35 bits per heavy atom. The van der Waals surface area contributed by atoms with Crippen LogP contribution < -0.4 is 5.09 Å². The van der Waals surface area contributed by atoms with Gasteiger partial charge in [-0.1, -0.05) is 0 Å². The van der Waals surface area contributed by atoms with E-state index in [0.717, 1.165) is 30.7 Å². The number of hydrogen-bond donors (Lipinski definition) is 1. The number of aromatic nitrogens is 2. The second-order valence-corrected chi connectivity index (χ2v) is 7.47. The van der Waals surface area contributed by atoms with Crippen LogP contribution in [0.3, 0.4) is 0 Å². The van der Waals surface area contributed by atoms with Crippen LogP contribution in [0, 0.1) is 6.92 Å². The third kappa shape index (κ3) is 2.25. The maximum Gasteiger partial charge on any atom is 0.309 e. The summed E-state index contributed by atoms with van der Waals surface area (Å²) >= 11 is 3.38. The van der Waals surface area contributed by atoms with E-state index in [2.05, 4.69) is 31.0 Å². The Morgan fingerprint density at radius 3 is 2.47 bits per heavy atom. The Labute approximate surface area is 108 Å². The molecule has 0 atom stereocenters. The fraction of sp³-hybridized carbons (Fsp3) is 0.556. The first-order chi connectivity index (χ1) is 8.09. The molecule has 2 aliphatic heterocycles. The van der Waals surface area contributed by atoms with Crippen LogP contribution in [0.15, 0.2) is 10.7 Å². The number of halogens is 1. The summed E-state index contributed by atoms with van der Waals surface area (Å²) in [6.07, 6.45) is 1.68. The predicted octanol–water partition coefficient (Wildman–Crippen LogP) is 1.70. The highest BCUT2D eigenvalue weighted by molar-refractivity contribution is 9.10. The summed E-state index contributed by atoms with van der Waals surface area (Å²) in [7, 11) is -2.61. The first-order valence-corrected chi connectivity index (χ1v) is 7.88. The molecular weight excluding hydrogens is 305 g/mol. The van der Waals surface area contributed by atoms with Gasteiger partial charge in [0.15, 0.2) is 5.82 Å². The maximum atomic E-state index is 12.8. The molecule has 6 nitrogen and oxygen atoms in total. The molecule has 2 aliphatic rings. The van der Waals surface area contributed by atoms with Crippen LogP contribution in [0.4, 0.5) is 5.82 Å². The summed E-state index contributed by atoms with van der Waals surface area (Å²) in [5.41, 5.74) is 0. The first kappa shape index (κ1) is 11.6. The summed E-state index contributed by atoms with van der Waals surface area (Å²) in [6.45, 7) is 5.38. The fourth-order valence-corrected chi connectivity index (χ4v) is 4.42. The van der Waals surface area contributed by atoms with E-state index < -0.39 is 7.59 Å². The molecular formula is C9H13BrN5OP. The van der Waals surface area contributed by atoms with Crippen LogP contribution in [-0.2, 0) is 4.57 Å². The Hall–Kier alpha value is -0.490. The number of rotatable bonds is 4. The van der Waals surface area contributed by atoms with E-state index >= 15 is 0 Å². The summed E-state index contributed by atoms with van der Waals surface area (Å²) in [4.78, 5) is 8.36. The van der Waals surface area contributed by atoms with Gasteiger partial charge in [-0.3, -0.25) is 9.65 Å². The molecule has 0 spiro atoms. The van der Waals surface area contributed by atoms with Crippen LogP contribution in [0.1, 0.15) is 5.82 Å². The Balaban J connectivity index is 1.89. The zero-order valence-electron chi connectivity index (χ0n) is 9.43. The molecule has 3 heterocycles. The highest BCUT2D eigenvalue weighted by Gasteiger charge is 2.48. The topological polar surface area (TPSA) is 60.9 Å². The summed E-state index contributed by atoms with van der Waals surface area (Å²) in [5.74, 6) is 1.28. The maximum absolute atomic E-state index is 12.8. The normalized spacial score (nSPS) is 20.4. The first-order valence-electron chi connectivity index (χ1n) is 5.48. The molecule has 1 aromatic heterocycles. The van der Waals surface area contributed by atoms with Crippen molar-refractivity contribution in [1.29, 1.82) is 0 Å². The summed E-state index contributed by atoms with van der Waals surface area (Å²) < 4.78 is 17.5. The zero-order chi connectivity index (χ0) is 12.0. The van der Waals surface area contributed by atoms with Crippen LogP contribution >= 0.6 is 23.5 Å². The average Bonchev–Trinajstić information content (AvgIpc) is 3.17. The van der Waals surface area contributed by atoms with Gasteiger partial charge >= 0.3 is 7.59 Å². The average molecular weight is 318 g/mol. The highest BCUT2D eigenvalue weighted by atomic mass is 79.9. The quantitative estimate of drug-likeness (QED) is 0.673. The molecule has 0 amide bonds. The highest BCUT2D eigenvalue weighted by Crippen LogP contribution is 2.59. The minimum Gasteiger partial charge on any atom is -0.296 e. The van der Waals surface area contributed by atoms with Crippen molar-refractivity contribution in [3.05, 3.63) is 16.5 Å². The molecule has 0 bridgehead atoms. The van der Waals surface area contributed by atoms with Gasteiger partial charge < -0.3 is 0 Å². The molecule has 1 aromatic rings. The third-order valence-electron chi connectivity index (χ3n) is 2.73. The lowest BCUT2D eigenvalue weighted by Crippen LogP contribution is -2.14. The molecule has 92 valence electrons. The van der Waals surface area contributed by atoms with E-state index in [4.69, 9.17) is 0 Å². The Bertz CT molecular complexity index is 486. The molecule has 0 saturated carbocycles. The van der Waals surface area contributed by atoms with Gasteiger partial charge in [-0.25, -0.2) is 19.3 Å². The van der Waals surface area contributed by atoms with Gasteiger partial charge in [0, 0.05) is 32.4 Å². The second-order valence-electron chi connectivity index (χ2n) is 4.18. The molecule has 2 saturated heterocycles. The number of anilines is 1. The van der Waals surface area contributed by atoms with Crippen molar-refractivity contribution >= 4 is 29.3 Å². The molecule has 1 N–H and O–H groups in total. The molecule has 0 aliphatic carbocycles. The van der Waals surface area contributed by atoms with Crippen molar-refractivity contribution in [3.63, 3.8) is 0 Å². The van der Waals surface area contributed by atoms with E-state index in [1.54, 1.807) is 6.20 Å². The van der Waals surface area contributed by atoms with Crippen molar-refractivity contribution in [3.8, 4) is 0 Å². The van der Waals surface area contributed by atoms with E-state index in [1.807, 2.05) is 16.3 Å². The van der Waals surface area contributed by atoms with Crippen molar-refractivity contribution < 1.29 is 4.57 Å².